The predicted molar refractivity (Wildman–Crippen MR) is 78.1 cm³/mol. The van der Waals surface area contributed by atoms with E-state index in [1.165, 1.54) is 18.6 Å². The molecule has 3 rings (SSSR count). The van der Waals surface area contributed by atoms with Gasteiger partial charge in [-0.15, -0.1) is 0 Å². The number of nitrogens with one attached hydrogen (secondary N) is 1. The summed E-state index contributed by atoms with van der Waals surface area (Å²) in [5.41, 5.74) is 1.13. The molecule has 7 nitrogen and oxygen atoms in total. The van der Waals surface area contributed by atoms with Crippen LogP contribution in [0.15, 0.2) is 41.2 Å². The summed E-state index contributed by atoms with van der Waals surface area (Å²) in [4.78, 5) is 23.5. The van der Waals surface area contributed by atoms with Crippen LogP contribution in [0.1, 0.15) is 28.9 Å². The van der Waals surface area contributed by atoms with Gasteiger partial charge in [-0.05, 0) is 30.7 Å². The number of carbonyl (C=O) groups excluding carboxylic acids is 2. The molecule has 1 N–H and O–H groups in total. The topological polar surface area (TPSA) is 87.0 Å². The number of hydrogen-bond acceptors (Lipinski definition) is 6. The van der Waals surface area contributed by atoms with Crippen molar-refractivity contribution in [2.75, 3.05) is 13.4 Å². The van der Waals surface area contributed by atoms with Crippen LogP contribution in [-0.4, -0.2) is 25.3 Å². The highest BCUT2D eigenvalue weighted by atomic mass is 16.7. The number of hydrogen-bond donors (Lipinski definition) is 1. The molecule has 2 aromatic rings. The summed E-state index contributed by atoms with van der Waals surface area (Å²) in [6.45, 7) is 1.66. The summed E-state index contributed by atoms with van der Waals surface area (Å²) < 4.78 is 20.2. The third kappa shape index (κ3) is 3.45. The minimum absolute atomic E-state index is 0.198. The maximum Gasteiger partial charge on any atom is 0.341 e. The number of esters is 1. The monoisotopic (exact) mass is 317 g/mol. The Balaban J connectivity index is 1.52. The molecule has 0 spiro atoms. The third-order valence-corrected chi connectivity index (χ3v) is 3.37. The zero-order chi connectivity index (χ0) is 16.2. The number of carbonyl (C=O) groups is 2. The van der Waals surface area contributed by atoms with E-state index >= 15 is 0 Å². The van der Waals surface area contributed by atoms with Gasteiger partial charge in [-0.1, -0.05) is 6.07 Å². The van der Waals surface area contributed by atoms with Crippen LogP contribution in [-0.2, 0) is 9.53 Å². The van der Waals surface area contributed by atoms with Crippen molar-refractivity contribution in [1.29, 1.82) is 0 Å². The number of ether oxygens (including phenoxy) is 3. The summed E-state index contributed by atoms with van der Waals surface area (Å²) in [6.07, 6.45) is 2.62. The van der Waals surface area contributed by atoms with E-state index in [1.54, 1.807) is 6.07 Å². The van der Waals surface area contributed by atoms with E-state index in [9.17, 15) is 9.59 Å². The summed E-state index contributed by atoms with van der Waals surface area (Å²) in [5.74, 6) is 0.327. The van der Waals surface area contributed by atoms with Gasteiger partial charge in [0.05, 0.1) is 17.9 Å². The molecule has 2 heterocycles. The summed E-state index contributed by atoms with van der Waals surface area (Å²) in [7, 11) is 0. The summed E-state index contributed by atoms with van der Waals surface area (Å²) >= 11 is 0. The Hall–Kier alpha value is -2.96. The highest BCUT2D eigenvalue weighted by Crippen LogP contribution is 2.34. The van der Waals surface area contributed by atoms with Gasteiger partial charge in [-0.2, -0.15) is 0 Å². The molecule has 0 aliphatic carbocycles. The van der Waals surface area contributed by atoms with E-state index in [2.05, 4.69) is 5.32 Å². The lowest BCUT2D eigenvalue weighted by Crippen LogP contribution is -2.31. The Bertz CT molecular complexity index is 709. The lowest BCUT2D eigenvalue weighted by atomic mass is 10.1. The molecule has 0 fully saturated rings. The van der Waals surface area contributed by atoms with Gasteiger partial charge in [-0.3, -0.25) is 4.79 Å². The number of furan rings is 1. The average molecular weight is 317 g/mol. The Morgan fingerprint density at radius 1 is 1.26 bits per heavy atom. The first kappa shape index (κ1) is 15.0. The smallest absolute Gasteiger partial charge is 0.341 e. The minimum atomic E-state index is -0.607. The fourth-order valence-corrected chi connectivity index (χ4v) is 2.14. The van der Waals surface area contributed by atoms with Crippen LogP contribution in [0, 0.1) is 0 Å². The number of fused-ring (bicyclic) bond motifs is 1. The van der Waals surface area contributed by atoms with E-state index in [0.29, 0.717) is 11.5 Å². The van der Waals surface area contributed by atoms with Gasteiger partial charge in [0.2, 0.25) is 6.79 Å². The Labute approximate surface area is 132 Å². The normalized spacial score (nSPS) is 13.4. The van der Waals surface area contributed by atoms with Gasteiger partial charge in [0, 0.05) is 0 Å². The van der Waals surface area contributed by atoms with Gasteiger partial charge in [0.15, 0.2) is 18.1 Å². The van der Waals surface area contributed by atoms with E-state index in [0.717, 1.165) is 5.56 Å². The third-order valence-electron chi connectivity index (χ3n) is 3.37. The molecule has 0 radical (unpaired) electrons. The van der Waals surface area contributed by atoms with Crippen LogP contribution in [0.25, 0.3) is 0 Å². The second kappa shape index (κ2) is 6.43. The van der Waals surface area contributed by atoms with E-state index in [-0.39, 0.29) is 25.0 Å². The fourth-order valence-electron chi connectivity index (χ4n) is 2.14. The maximum absolute atomic E-state index is 11.9. The predicted octanol–water partition coefficient (Wildman–Crippen LogP) is 2.04. The van der Waals surface area contributed by atoms with Crippen molar-refractivity contribution in [3.8, 4) is 11.5 Å². The first-order valence-corrected chi connectivity index (χ1v) is 7.02. The van der Waals surface area contributed by atoms with Crippen molar-refractivity contribution in [2.45, 2.75) is 13.0 Å². The highest BCUT2D eigenvalue weighted by Gasteiger charge is 2.17. The Morgan fingerprint density at radius 2 is 2.09 bits per heavy atom. The van der Waals surface area contributed by atoms with Crippen LogP contribution in [0.4, 0.5) is 0 Å². The molecule has 1 aromatic heterocycles. The molecule has 23 heavy (non-hydrogen) atoms. The zero-order valence-corrected chi connectivity index (χ0v) is 12.4. The molecule has 1 aliphatic heterocycles. The second-order valence-corrected chi connectivity index (χ2v) is 4.99. The summed E-state index contributed by atoms with van der Waals surface area (Å²) in [5, 5.41) is 2.75. The molecule has 0 bridgehead atoms. The Kier molecular flexibility index (Phi) is 4.18. The van der Waals surface area contributed by atoms with Crippen molar-refractivity contribution >= 4 is 11.9 Å². The number of amides is 1. The molecule has 7 heteroatoms. The second-order valence-electron chi connectivity index (χ2n) is 4.99. The molecule has 1 amide bonds. The first-order valence-electron chi connectivity index (χ1n) is 7.02. The van der Waals surface area contributed by atoms with Gasteiger partial charge < -0.3 is 23.9 Å². The van der Waals surface area contributed by atoms with E-state index in [1.807, 2.05) is 19.1 Å². The maximum atomic E-state index is 11.9. The zero-order valence-electron chi connectivity index (χ0n) is 12.4. The fraction of sp³-hybridized carbons (Fsp3) is 0.250. The van der Waals surface area contributed by atoms with Crippen molar-refractivity contribution in [2.24, 2.45) is 0 Å². The van der Waals surface area contributed by atoms with Gasteiger partial charge in [0.25, 0.3) is 5.91 Å². The largest absolute Gasteiger partial charge is 0.472 e. The molecular formula is C16H15NO6. The van der Waals surface area contributed by atoms with Crippen LogP contribution in [0.3, 0.4) is 0 Å². The van der Waals surface area contributed by atoms with Gasteiger partial charge in [-0.25, -0.2) is 4.79 Å². The van der Waals surface area contributed by atoms with Crippen LogP contribution in [0.5, 0.6) is 11.5 Å². The SMILES string of the molecule is CC(NC(=O)COC(=O)c1ccoc1)c1ccc2c(c1)OCO2. The van der Waals surface area contributed by atoms with E-state index < -0.39 is 11.9 Å². The van der Waals surface area contributed by atoms with Gasteiger partial charge in [0.1, 0.15) is 6.26 Å². The van der Waals surface area contributed by atoms with Crippen LogP contribution < -0.4 is 14.8 Å². The highest BCUT2D eigenvalue weighted by molar-refractivity contribution is 5.90. The average Bonchev–Trinajstić information content (AvgIpc) is 3.22. The number of benzene rings is 1. The molecule has 1 unspecified atom stereocenters. The standard InChI is InChI=1S/C16H15NO6/c1-10(11-2-3-13-14(6-11)23-9-22-13)17-15(18)8-21-16(19)12-4-5-20-7-12/h2-7,10H,8-9H2,1H3,(H,17,18). The van der Waals surface area contributed by atoms with Crippen molar-refractivity contribution in [3.05, 3.63) is 47.9 Å². The van der Waals surface area contributed by atoms with Crippen molar-refractivity contribution < 1.29 is 28.2 Å². The Morgan fingerprint density at radius 3 is 2.87 bits per heavy atom. The van der Waals surface area contributed by atoms with E-state index in [4.69, 9.17) is 18.6 Å². The van der Waals surface area contributed by atoms with Crippen molar-refractivity contribution in [3.63, 3.8) is 0 Å². The number of rotatable bonds is 5. The molecule has 0 saturated heterocycles. The molecule has 0 saturated carbocycles. The molecule has 1 atom stereocenters. The minimum Gasteiger partial charge on any atom is -0.472 e. The first-order chi connectivity index (χ1) is 11.1. The lowest BCUT2D eigenvalue weighted by molar-refractivity contribution is -0.124. The van der Waals surface area contributed by atoms with Crippen LogP contribution in [0.2, 0.25) is 0 Å². The molecule has 1 aliphatic rings. The quantitative estimate of drug-likeness (QED) is 0.849. The molecule has 1 aromatic carbocycles. The molecular weight excluding hydrogens is 302 g/mol. The lowest BCUT2D eigenvalue weighted by Gasteiger charge is -2.14. The van der Waals surface area contributed by atoms with Gasteiger partial charge >= 0.3 is 5.97 Å². The van der Waals surface area contributed by atoms with Crippen LogP contribution >= 0.6 is 0 Å². The summed E-state index contributed by atoms with van der Waals surface area (Å²) in [6, 6.07) is 6.65. The molecule has 120 valence electrons. The van der Waals surface area contributed by atoms with Crippen molar-refractivity contribution in [1.82, 2.24) is 5.32 Å².